The van der Waals surface area contributed by atoms with E-state index in [1.807, 2.05) is 25.1 Å². The zero-order chi connectivity index (χ0) is 15.1. The van der Waals surface area contributed by atoms with E-state index >= 15 is 0 Å². The molecule has 0 radical (unpaired) electrons. The Morgan fingerprint density at radius 1 is 1.30 bits per heavy atom. The number of amides is 1. The Bertz CT molecular complexity index is 445. The molecule has 5 heteroatoms. The Kier molecular flexibility index (Phi) is 6.31. The van der Waals surface area contributed by atoms with Crippen LogP contribution in [-0.4, -0.2) is 38.6 Å². The maximum absolute atomic E-state index is 12.2. The van der Waals surface area contributed by atoms with Gasteiger partial charge in [-0.3, -0.25) is 4.79 Å². The van der Waals surface area contributed by atoms with E-state index in [9.17, 15) is 4.79 Å². The minimum absolute atomic E-state index is 0.0739. The quantitative estimate of drug-likeness (QED) is 0.824. The normalized spacial score (nSPS) is 11.8. The molecule has 0 saturated carbocycles. The second-order valence-electron chi connectivity index (χ2n) is 4.72. The molecule has 0 aliphatic heterocycles. The predicted molar refractivity (Wildman–Crippen MR) is 78.9 cm³/mol. The molecule has 2 N–H and O–H groups in total. The molecule has 0 spiro atoms. The molecule has 0 saturated heterocycles. The molecule has 0 aromatic heterocycles. The molecule has 0 heterocycles. The topological polar surface area (TPSA) is 64.8 Å². The fourth-order valence-electron chi connectivity index (χ4n) is 2.08. The van der Waals surface area contributed by atoms with Crippen LogP contribution in [0.15, 0.2) is 18.2 Å². The monoisotopic (exact) mass is 280 g/mol. The molecule has 1 aromatic rings. The van der Waals surface area contributed by atoms with E-state index in [2.05, 4.69) is 0 Å². The maximum Gasteiger partial charge on any atom is 0.226 e. The molecule has 1 rings (SSSR count). The number of carbonyl (C=O) groups excluding carboxylic acids is 1. The first-order valence-corrected chi connectivity index (χ1v) is 6.73. The number of carbonyl (C=O) groups is 1. The molecular weight excluding hydrogens is 256 g/mol. The van der Waals surface area contributed by atoms with Gasteiger partial charge in [-0.15, -0.1) is 0 Å². The van der Waals surface area contributed by atoms with Crippen LogP contribution >= 0.6 is 0 Å². The first-order valence-electron chi connectivity index (χ1n) is 6.73. The van der Waals surface area contributed by atoms with Gasteiger partial charge in [0.2, 0.25) is 5.91 Å². The maximum atomic E-state index is 12.2. The highest BCUT2D eigenvalue weighted by molar-refractivity contribution is 5.78. The van der Waals surface area contributed by atoms with Crippen LogP contribution in [0.2, 0.25) is 0 Å². The number of rotatable bonds is 7. The standard InChI is InChI=1S/C15H24N2O3/c1-5-12(9-16)15(18)17(2)10-11-6-7-13(19-3)14(8-11)20-4/h6-8,12H,5,9-10,16H2,1-4H3. The van der Waals surface area contributed by atoms with E-state index in [0.717, 1.165) is 12.0 Å². The van der Waals surface area contributed by atoms with Crippen LogP contribution in [0.25, 0.3) is 0 Å². The van der Waals surface area contributed by atoms with Crippen LogP contribution in [0.4, 0.5) is 0 Å². The van der Waals surface area contributed by atoms with E-state index in [1.165, 1.54) is 0 Å². The smallest absolute Gasteiger partial charge is 0.226 e. The average Bonchev–Trinajstić information content (AvgIpc) is 2.48. The van der Waals surface area contributed by atoms with Crippen molar-refractivity contribution in [3.05, 3.63) is 23.8 Å². The van der Waals surface area contributed by atoms with E-state index in [-0.39, 0.29) is 11.8 Å². The lowest BCUT2D eigenvalue weighted by molar-refractivity contribution is -0.134. The van der Waals surface area contributed by atoms with Gasteiger partial charge in [0.1, 0.15) is 0 Å². The molecule has 112 valence electrons. The molecule has 20 heavy (non-hydrogen) atoms. The lowest BCUT2D eigenvalue weighted by Gasteiger charge is -2.22. The van der Waals surface area contributed by atoms with Crippen LogP contribution in [0, 0.1) is 5.92 Å². The van der Waals surface area contributed by atoms with Gasteiger partial charge in [-0.25, -0.2) is 0 Å². The number of nitrogens with zero attached hydrogens (tertiary/aromatic N) is 1. The fraction of sp³-hybridized carbons (Fsp3) is 0.533. The molecule has 1 aromatic carbocycles. The van der Waals surface area contributed by atoms with Crippen LogP contribution < -0.4 is 15.2 Å². The molecule has 1 atom stereocenters. The molecule has 0 bridgehead atoms. The summed E-state index contributed by atoms with van der Waals surface area (Å²) in [6, 6.07) is 5.65. The number of hydrogen-bond acceptors (Lipinski definition) is 4. The van der Waals surface area contributed by atoms with Crippen molar-refractivity contribution in [2.75, 3.05) is 27.8 Å². The third-order valence-corrected chi connectivity index (χ3v) is 3.37. The summed E-state index contributed by atoms with van der Waals surface area (Å²) in [5.74, 6) is 1.31. The molecule has 0 fully saturated rings. The van der Waals surface area contributed by atoms with Crippen LogP contribution in [-0.2, 0) is 11.3 Å². The molecule has 0 aliphatic carbocycles. The lowest BCUT2D eigenvalue weighted by Crippen LogP contribution is -2.35. The summed E-state index contributed by atoms with van der Waals surface area (Å²) >= 11 is 0. The number of ether oxygens (including phenoxy) is 2. The Morgan fingerprint density at radius 2 is 1.95 bits per heavy atom. The third kappa shape index (κ3) is 3.87. The summed E-state index contributed by atoms with van der Waals surface area (Å²) in [5, 5.41) is 0. The summed E-state index contributed by atoms with van der Waals surface area (Å²) in [7, 11) is 4.98. The number of nitrogens with two attached hydrogens (primary N) is 1. The molecule has 0 aliphatic rings. The first kappa shape index (κ1) is 16.3. The van der Waals surface area contributed by atoms with Gasteiger partial charge in [-0.05, 0) is 24.1 Å². The zero-order valence-electron chi connectivity index (χ0n) is 12.7. The first-order chi connectivity index (χ1) is 9.57. The average molecular weight is 280 g/mol. The van der Waals surface area contributed by atoms with E-state index in [1.54, 1.807) is 26.2 Å². The van der Waals surface area contributed by atoms with Crippen LogP contribution in [0.1, 0.15) is 18.9 Å². The summed E-state index contributed by atoms with van der Waals surface area (Å²) in [5.41, 5.74) is 6.61. The van der Waals surface area contributed by atoms with E-state index in [0.29, 0.717) is 24.6 Å². The van der Waals surface area contributed by atoms with Crippen molar-refractivity contribution in [2.45, 2.75) is 19.9 Å². The van der Waals surface area contributed by atoms with Crippen molar-refractivity contribution in [2.24, 2.45) is 11.7 Å². The fourth-order valence-corrected chi connectivity index (χ4v) is 2.08. The number of benzene rings is 1. The second-order valence-corrected chi connectivity index (χ2v) is 4.72. The Hall–Kier alpha value is -1.75. The minimum atomic E-state index is -0.111. The Morgan fingerprint density at radius 3 is 2.45 bits per heavy atom. The van der Waals surface area contributed by atoms with E-state index in [4.69, 9.17) is 15.2 Å². The van der Waals surface area contributed by atoms with Gasteiger partial charge < -0.3 is 20.1 Å². The van der Waals surface area contributed by atoms with E-state index < -0.39 is 0 Å². The molecule has 1 amide bonds. The van der Waals surface area contributed by atoms with Gasteiger partial charge >= 0.3 is 0 Å². The zero-order valence-corrected chi connectivity index (χ0v) is 12.7. The van der Waals surface area contributed by atoms with Crippen LogP contribution in [0.5, 0.6) is 11.5 Å². The SMILES string of the molecule is CCC(CN)C(=O)N(C)Cc1ccc(OC)c(OC)c1. The van der Waals surface area contributed by atoms with Crippen molar-refractivity contribution in [1.29, 1.82) is 0 Å². The lowest BCUT2D eigenvalue weighted by atomic mass is 10.1. The van der Waals surface area contributed by atoms with Crippen molar-refractivity contribution in [3.63, 3.8) is 0 Å². The molecule has 5 nitrogen and oxygen atoms in total. The van der Waals surface area contributed by atoms with Crippen molar-refractivity contribution < 1.29 is 14.3 Å². The highest BCUT2D eigenvalue weighted by atomic mass is 16.5. The molecule has 1 unspecified atom stereocenters. The molecular formula is C15H24N2O3. The van der Waals surface area contributed by atoms with Crippen molar-refractivity contribution >= 4 is 5.91 Å². The van der Waals surface area contributed by atoms with Gasteiger partial charge in [0, 0.05) is 20.1 Å². The van der Waals surface area contributed by atoms with Gasteiger partial charge in [-0.1, -0.05) is 13.0 Å². The third-order valence-electron chi connectivity index (χ3n) is 3.37. The number of hydrogen-bond donors (Lipinski definition) is 1. The van der Waals surface area contributed by atoms with Crippen LogP contribution in [0.3, 0.4) is 0 Å². The summed E-state index contributed by atoms with van der Waals surface area (Å²) in [4.78, 5) is 13.9. The summed E-state index contributed by atoms with van der Waals surface area (Å²) in [6.07, 6.45) is 0.756. The highest BCUT2D eigenvalue weighted by Crippen LogP contribution is 2.28. The largest absolute Gasteiger partial charge is 0.493 e. The minimum Gasteiger partial charge on any atom is -0.493 e. The number of methoxy groups -OCH3 is 2. The van der Waals surface area contributed by atoms with Crippen molar-refractivity contribution in [1.82, 2.24) is 4.90 Å². The predicted octanol–water partition coefficient (Wildman–Crippen LogP) is 1.65. The van der Waals surface area contributed by atoms with Gasteiger partial charge in [0.05, 0.1) is 20.1 Å². The summed E-state index contributed by atoms with van der Waals surface area (Å²) in [6.45, 7) is 2.88. The van der Waals surface area contributed by atoms with Gasteiger partial charge in [0.25, 0.3) is 0 Å². The Labute approximate surface area is 120 Å². The van der Waals surface area contributed by atoms with Gasteiger partial charge in [0.15, 0.2) is 11.5 Å². The highest BCUT2D eigenvalue weighted by Gasteiger charge is 2.19. The Balaban J connectivity index is 2.80. The van der Waals surface area contributed by atoms with Gasteiger partial charge in [-0.2, -0.15) is 0 Å². The second kappa shape index (κ2) is 7.75. The summed E-state index contributed by atoms with van der Waals surface area (Å²) < 4.78 is 10.5. The van der Waals surface area contributed by atoms with Crippen molar-refractivity contribution in [3.8, 4) is 11.5 Å².